The zero-order valence-corrected chi connectivity index (χ0v) is 11.1. The van der Waals surface area contributed by atoms with Gasteiger partial charge >= 0.3 is 0 Å². The van der Waals surface area contributed by atoms with Crippen LogP contribution in [0.25, 0.3) is 0 Å². The normalized spacial score (nSPS) is 10.4. The van der Waals surface area contributed by atoms with E-state index in [1.807, 2.05) is 13.8 Å². The number of hydrogen-bond acceptors (Lipinski definition) is 5. The lowest BCUT2D eigenvalue weighted by molar-refractivity contribution is -0.119. The molecule has 0 aliphatic rings. The molecule has 0 aliphatic carbocycles. The van der Waals surface area contributed by atoms with E-state index in [0.717, 1.165) is 0 Å². The Bertz CT molecular complexity index is 462. The lowest BCUT2D eigenvalue weighted by Crippen LogP contribution is -2.31. The minimum absolute atomic E-state index is 0.0837. The molecular weight excluding hydrogens is 252 g/mol. The summed E-state index contributed by atoms with van der Waals surface area (Å²) in [4.78, 5) is 26.4. The zero-order chi connectivity index (χ0) is 13.7. The first kappa shape index (κ1) is 14.3. The molecule has 5 N–H and O–H groups in total. The van der Waals surface area contributed by atoms with Crippen LogP contribution in [0.1, 0.15) is 24.3 Å². The molecule has 7 heteroatoms. The topological polar surface area (TPSA) is 111 Å². The van der Waals surface area contributed by atoms with Crippen molar-refractivity contribution in [2.45, 2.75) is 24.9 Å². The number of rotatable bonds is 5. The summed E-state index contributed by atoms with van der Waals surface area (Å²) >= 11 is 1.17. The van der Waals surface area contributed by atoms with Gasteiger partial charge in [-0.15, -0.1) is 0 Å². The fraction of sp³-hybridized carbons (Fsp3) is 0.364. The van der Waals surface area contributed by atoms with Crippen molar-refractivity contribution < 1.29 is 9.59 Å². The average Bonchev–Trinajstić information content (AvgIpc) is 2.26. The predicted molar refractivity (Wildman–Crippen MR) is 71.2 cm³/mol. The van der Waals surface area contributed by atoms with Crippen molar-refractivity contribution in [1.29, 1.82) is 0 Å². The number of aromatic nitrogens is 1. The van der Waals surface area contributed by atoms with E-state index >= 15 is 0 Å². The predicted octanol–water partition coefficient (Wildman–Crippen LogP) is 0.379. The molecule has 0 bridgehead atoms. The molecule has 0 saturated carbocycles. The van der Waals surface area contributed by atoms with E-state index < -0.39 is 5.91 Å². The van der Waals surface area contributed by atoms with Crippen LogP contribution in [-0.2, 0) is 4.79 Å². The molecule has 1 rings (SSSR count). The molecule has 2 amide bonds. The van der Waals surface area contributed by atoms with Crippen molar-refractivity contribution in [3.63, 3.8) is 0 Å². The highest BCUT2D eigenvalue weighted by Crippen LogP contribution is 2.22. The van der Waals surface area contributed by atoms with Gasteiger partial charge in [-0.05, 0) is 26.0 Å². The number of thioether (sulfide) groups is 1. The summed E-state index contributed by atoms with van der Waals surface area (Å²) in [5.74, 6) is -0.540. The summed E-state index contributed by atoms with van der Waals surface area (Å²) in [6.07, 6.45) is 0. The van der Waals surface area contributed by atoms with Crippen molar-refractivity contribution in [2.75, 3.05) is 11.5 Å². The largest absolute Gasteiger partial charge is 0.397 e. The number of anilines is 1. The maximum absolute atomic E-state index is 11.5. The Balaban J connectivity index is 2.69. The highest BCUT2D eigenvalue weighted by atomic mass is 32.2. The summed E-state index contributed by atoms with van der Waals surface area (Å²) < 4.78 is 0. The summed E-state index contributed by atoms with van der Waals surface area (Å²) in [7, 11) is 0. The maximum atomic E-state index is 11.5. The Morgan fingerprint density at radius 1 is 1.44 bits per heavy atom. The lowest BCUT2D eigenvalue weighted by atomic mass is 10.3. The lowest BCUT2D eigenvalue weighted by Gasteiger charge is -2.09. The molecule has 18 heavy (non-hydrogen) atoms. The van der Waals surface area contributed by atoms with Gasteiger partial charge in [0, 0.05) is 6.04 Å². The molecule has 1 heterocycles. The van der Waals surface area contributed by atoms with Crippen molar-refractivity contribution >= 4 is 29.3 Å². The highest BCUT2D eigenvalue weighted by Gasteiger charge is 2.10. The van der Waals surface area contributed by atoms with E-state index in [4.69, 9.17) is 11.5 Å². The molecule has 6 nitrogen and oxygen atoms in total. The van der Waals surface area contributed by atoms with Crippen LogP contribution in [0.3, 0.4) is 0 Å². The Labute approximate surface area is 110 Å². The third-order valence-electron chi connectivity index (χ3n) is 1.93. The molecule has 98 valence electrons. The fourth-order valence-electron chi connectivity index (χ4n) is 1.20. The summed E-state index contributed by atoms with van der Waals surface area (Å²) in [5.41, 5.74) is 11.4. The molecule has 0 atom stereocenters. The molecule has 1 aromatic rings. The number of pyridine rings is 1. The Morgan fingerprint density at radius 2 is 2.11 bits per heavy atom. The first-order valence-corrected chi connectivity index (χ1v) is 6.37. The van der Waals surface area contributed by atoms with Crippen LogP contribution < -0.4 is 16.8 Å². The minimum Gasteiger partial charge on any atom is -0.397 e. The third kappa shape index (κ3) is 4.25. The van der Waals surface area contributed by atoms with Gasteiger partial charge in [0.05, 0.1) is 11.4 Å². The van der Waals surface area contributed by atoms with Crippen LogP contribution in [0.5, 0.6) is 0 Å². The molecule has 0 saturated heterocycles. The number of nitrogens with one attached hydrogen (secondary N) is 1. The second-order valence-corrected chi connectivity index (χ2v) is 4.93. The molecule has 0 unspecified atom stereocenters. The standard InChI is InChI=1S/C11H16N4O2S/c1-6(2)14-9(16)5-18-11-7(12)3-4-8(15-11)10(13)17/h3-4,6H,5,12H2,1-2H3,(H2,13,17)(H,14,16). The number of nitrogens with two attached hydrogens (primary N) is 2. The van der Waals surface area contributed by atoms with E-state index in [2.05, 4.69) is 10.3 Å². The second kappa shape index (κ2) is 6.25. The van der Waals surface area contributed by atoms with Gasteiger partial charge in [-0.2, -0.15) is 0 Å². The van der Waals surface area contributed by atoms with E-state index in [-0.39, 0.29) is 23.4 Å². The summed E-state index contributed by atoms with van der Waals surface area (Å²) in [6.45, 7) is 3.76. The molecule has 0 spiro atoms. The van der Waals surface area contributed by atoms with E-state index in [1.165, 1.54) is 17.8 Å². The molecular formula is C11H16N4O2S. The van der Waals surface area contributed by atoms with Gasteiger partial charge < -0.3 is 16.8 Å². The second-order valence-electron chi connectivity index (χ2n) is 3.97. The van der Waals surface area contributed by atoms with E-state index in [0.29, 0.717) is 10.7 Å². The molecule has 1 aromatic heterocycles. The number of hydrogen-bond donors (Lipinski definition) is 3. The smallest absolute Gasteiger partial charge is 0.267 e. The monoisotopic (exact) mass is 268 g/mol. The van der Waals surface area contributed by atoms with Crippen LogP contribution in [0.2, 0.25) is 0 Å². The van der Waals surface area contributed by atoms with Gasteiger partial charge in [0.2, 0.25) is 5.91 Å². The van der Waals surface area contributed by atoms with Gasteiger partial charge in [0.1, 0.15) is 10.7 Å². The Kier molecular flexibility index (Phi) is 4.96. The van der Waals surface area contributed by atoms with Gasteiger partial charge in [-0.1, -0.05) is 11.8 Å². The van der Waals surface area contributed by atoms with Crippen molar-refractivity contribution in [3.05, 3.63) is 17.8 Å². The zero-order valence-electron chi connectivity index (χ0n) is 10.3. The SMILES string of the molecule is CC(C)NC(=O)CSc1nc(C(N)=O)ccc1N. The number of carbonyl (C=O) groups excluding carboxylic acids is 2. The van der Waals surface area contributed by atoms with Crippen LogP contribution in [-0.4, -0.2) is 28.6 Å². The highest BCUT2D eigenvalue weighted by molar-refractivity contribution is 8.00. The number of nitrogens with zero attached hydrogens (tertiary/aromatic N) is 1. The van der Waals surface area contributed by atoms with E-state index in [9.17, 15) is 9.59 Å². The molecule has 0 aromatic carbocycles. The third-order valence-corrected chi connectivity index (χ3v) is 2.94. The van der Waals surface area contributed by atoms with Crippen LogP contribution in [0.15, 0.2) is 17.2 Å². The first-order chi connectivity index (χ1) is 8.40. The van der Waals surface area contributed by atoms with Crippen LogP contribution >= 0.6 is 11.8 Å². The minimum atomic E-state index is -0.622. The molecule has 0 fully saturated rings. The van der Waals surface area contributed by atoms with Crippen molar-refractivity contribution in [1.82, 2.24) is 10.3 Å². The molecule has 0 radical (unpaired) electrons. The van der Waals surface area contributed by atoms with Gasteiger partial charge in [0.15, 0.2) is 0 Å². The van der Waals surface area contributed by atoms with Crippen molar-refractivity contribution in [2.24, 2.45) is 5.73 Å². The first-order valence-electron chi connectivity index (χ1n) is 5.38. The average molecular weight is 268 g/mol. The number of amides is 2. The van der Waals surface area contributed by atoms with Gasteiger partial charge in [-0.25, -0.2) is 4.98 Å². The van der Waals surface area contributed by atoms with Crippen molar-refractivity contribution in [3.8, 4) is 0 Å². The maximum Gasteiger partial charge on any atom is 0.267 e. The summed E-state index contributed by atoms with van der Waals surface area (Å²) in [5, 5.41) is 3.19. The Morgan fingerprint density at radius 3 is 2.67 bits per heavy atom. The fourth-order valence-corrected chi connectivity index (χ4v) is 1.95. The van der Waals surface area contributed by atoms with Crippen LogP contribution in [0, 0.1) is 0 Å². The van der Waals surface area contributed by atoms with E-state index in [1.54, 1.807) is 6.07 Å². The Hall–Kier alpha value is -1.76. The van der Waals surface area contributed by atoms with Crippen LogP contribution in [0.4, 0.5) is 5.69 Å². The number of carbonyl (C=O) groups is 2. The summed E-state index contributed by atoms with van der Waals surface area (Å²) in [6, 6.07) is 3.09. The molecule has 0 aliphatic heterocycles. The van der Waals surface area contributed by atoms with Gasteiger partial charge in [0.25, 0.3) is 5.91 Å². The number of primary amides is 1. The quantitative estimate of drug-likeness (QED) is 0.668. The van der Waals surface area contributed by atoms with Gasteiger partial charge in [-0.3, -0.25) is 9.59 Å². The number of nitrogen functional groups attached to an aromatic ring is 1.